The van der Waals surface area contributed by atoms with Crippen LogP contribution in [0.3, 0.4) is 0 Å². The van der Waals surface area contributed by atoms with Gasteiger partial charge in [-0.05, 0) is 61.8 Å². The van der Waals surface area contributed by atoms with Crippen molar-refractivity contribution in [1.82, 2.24) is 10.4 Å². The number of methoxy groups -OCH3 is 1. The Labute approximate surface area is 169 Å². The lowest BCUT2D eigenvalue weighted by Gasteiger charge is -2.28. The van der Waals surface area contributed by atoms with Crippen molar-refractivity contribution in [3.05, 3.63) is 41.5 Å². The van der Waals surface area contributed by atoms with E-state index >= 15 is 0 Å². The topological polar surface area (TPSA) is 95.9 Å². The lowest BCUT2D eigenvalue weighted by Crippen LogP contribution is -2.44. The molecule has 1 saturated carbocycles. The van der Waals surface area contributed by atoms with E-state index in [0.29, 0.717) is 30.7 Å². The molecule has 1 aromatic carbocycles. The number of amides is 2. The summed E-state index contributed by atoms with van der Waals surface area (Å²) >= 11 is 0. The van der Waals surface area contributed by atoms with Crippen molar-refractivity contribution in [2.75, 3.05) is 13.7 Å². The van der Waals surface area contributed by atoms with Gasteiger partial charge < -0.3 is 9.64 Å². The van der Waals surface area contributed by atoms with E-state index in [1.807, 2.05) is 6.08 Å². The summed E-state index contributed by atoms with van der Waals surface area (Å²) in [6.07, 6.45) is 6.03. The van der Waals surface area contributed by atoms with E-state index < -0.39 is 17.9 Å². The van der Waals surface area contributed by atoms with E-state index in [1.165, 1.54) is 0 Å². The van der Waals surface area contributed by atoms with Crippen LogP contribution in [0.15, 0.2) is 35.9 Å². The van der Waals surface area contributed by atoms with Crippen LogP contribution in [-0.4, -0.2) is 47.4 Å². The molecule has 2 N–H and O–H groups in total. The molecule has 7 heteroatoms. The average molecular weight is 398 g/mol. The molecule has 1 aromatic rings. The predicted octanol–water partition coefficient (Wildman–Crippen LogP) is 2.49. The highest BCUT2D eigenvalue weighted by molar-refractivity contribution is 6.03. The Hall–Kier alpha value is -2.67. The second-order valence-corrected chi connectivity index (χ2v) is 8.49. The van der Waals surface area contributed by atoms with Gasteiger partial charge in [0.1, 0.15) is 5.75 Å². The monoisotopic (exact) mass is 398 g/mol. The number of allylic oxidation sites excluding steroid dienone is 2. The third-order valence-electron chi connectivity index (χ3n) is 6.33. The molecule has 0 unspecified atom stereocenters. The minimum atomic E-state index is -0.581. The summed E-state index contributed by atoms with van der Waals surface area (Å²) < 4.78 is 5.16. The van der Waals surface area contributed by atoms with Crippen LogP contribution in [0.2, 0.25) is 0 Å². The van der Waals surface area contributed by atoms with Gasteiger partial charge in [-0.2, -0.15) is 0 Å². The zero-order valence-corrected chi connectivity index (χ0v) is 16.5. The summed E-state index contributed by atoms with van der Waals surface area (Å²) in [6.45, 7) is 0.564. The summed E-state index contributed by atoms with van der Waals surface area (Å²) in [5.74, 6) is -0.705. The number of ketones is 1. The molecule has 1 saturated heterocycles. The van der Waals surface area contributed by atoms with Gasteiger partial charge in [-0.25, -0.2) is 5.48 Å². The summed E-state index contributed by atoms with van der Waals surface area (Å²) in [5, 5.41) is 8.90. The highest BCUT2D eigenvalue weighted by Crippen LogP contribution is 2.55. The van der Waals surface area contributed by atoms with Crippen molar-refractivity contribution >= 4 is 17.6 Å². The number of carbonyl (C=O) groups excluding carboxylic acids is 3. The molecular weight excluding hydrogens is 372 g/mol. The quantitative estimate of drug-likeness (QED) is 0.304. The summed E-state index contributed by atoms with van der Waals surface area (Å²) in [4.78, 5) is 40.1. The number of rotatable bonds is 8. The van der Waals surface area contributed by atoms with E-state index in [-0.39, 0.29) is 23.5 Å². The molecule has 2 amide bonds. The Kier molecular flexibility index (Phi) is 5.17. The van der Waals surface area contributed by atoms with Crippen LogP contribution in [0.5, 0.6) is 5.75 Å². The Morgan fingerprint density at radius 2 is 1.97 bits per heavy atom. The Bertz CT molecular complexity index is 856. The first-order chi connectivity index (χ1) is 13.9. The second kappa shape index (κ2) is 7.63. The molecule has 7 nitrogen and oxygen atoms in total. The van der Waals surface area contributed by atoms with Crippen LogP contribution in [0, 0.1) is 11.3 Å². The van der Waals surface area contributed by atoms with Crippen molar-refractivity contribution in [2.45, 2.75) is 44.6 Å². The average Bonchev–Trinajstić information content (AvgIpc) is 3.65. The summed E-state index contributed by atoms with van der Waals surface area (Å²) in [5.41, 5.74) is 3.37. The van der Waals surface area contributed by atoms with Crippen LogP contribution in [0.1, 0.15) is 48.9 Å². The van der Waals surface area contributed by atoms with Crippen molar-refractivity contribution in [3.8, 4) is 5.75 Å². The van der Waals surface area contributed by atoms with Crippen LogP contribution in [0.4, 0.5) is 0 Å². The fourth-order valence-corrected chi connectivity index (χ4v) is 4.31. The molecule has 0 aromatic heterocycles. The third kappa shape index (κ3) is 4.19. The largest absolute Gasteiger partial charge is 0.497 e. The molecule has 1 heterocycles. The van der Waals surface area contributed by atoms with Crippen molar-refractivity contribution in [2.24, 2.45) is 11.3 Å². The van der Waals surface area contributed by atoms with E-state index in [9.17, 15) is 14.4 Å². The predicted molar refractivity (Wildman–Crippen MR) is 104 cm³/mol. The molecule has 2 aliphatic carbocycles. The second-order valence-electron chi connectivity index (χ2n) is 8.49. The number of Topliss-reactive ketones (excluding diaryl/α,β-unsaturated/α-hetero) is 1. The molecule has 3 aliphatic rings. The van der Waals surface area contributed by atoms with Gasteiger partial charge in [0.25, 0.3) is 0 Å². The summed E-state index contributed by atoms with van der Waals surface area (Å²) in [7, 11) is 1.57. The number of benzene rings is 1. The fourth-order valence-electron chi connectivity index (χ4n) is 4.31. The number of nitrogens with zero attached hydrogens (tertiary/aromatic N) is 1. The van der Waals surface area contributed by atoms with Gasteiger partial charge in [0.05, 0.1) is 19.1 Å². The van der Waals surface area contributed by atoms with Crippen molar-refractivity contribution in [1.29, 1.82) is 0 Å². The van der Waals surface area contributed by atoms with Gasteiger partial charge in [-0.1, -0.05) is 11.6 Å². The lowest BCUT2D eigenvalue weighted by atomic mass is 9.95. The first-order valence-electron chi connectivity index (χ1n) is 10.0. The zero-order chi connectivity index (χ0) is 20.6. The first kappa shape index (κ1) is 19.6. The molecule has 0 radical (unpaired) electrons. The van der Waals surface area contributed by atoms with E-state index in [4.69, 9.17) is 9.94 Å². The molecule has 1 spiro atoms. The van der Waals surface area contributed by atoms with E-state index in [1.54, 1.807) is 41.8 Å². The smallest absolute Gasteiger partial charge is 0.244 e. The van der Waals surface area contributed by atoms with Gasteiger partial charge in [0, 0.05) is 18.5 Å². The zero-order valence-electron chi connectivity index (χ0n) is 16.5. The number of hydroxylamine groups is 1. The fraction of sp³-hybridized carbons (Fsp3) is 0.500. The van der Waals surface area contributed by atoms with Crippen LogP contribution < -0.4 is 10.2 Å². The number of hydrogen-bond acceptors (Lipinski definition) is 5. The maximum Gasteiger partial charge on any atom is 0.244 e. The Morgan fingerprint density at radius 1 is 1.28 bits per heavy atom. The molecule has 1 aliphatic heterocycles. The number of carbonyl (C=O) groups is 3. The van der Waals surface area contributed by atoms with Crippen molar-refractivity contribution in [3.63, 3.8) is 0 Å². The Balaban J connectivity index is 1.55. The number of hydrogen-bond donors (Lipinski definition) is 2. The van der Waals surface area contributed by atoms with Crippen LogP contribution in [0.25, 0.3) is 0 Å². The lowest BCUT2D eigenvalue weighted by molar-refractivity contribution is -0.140. The number of likely N-dealkylation sites (tertiary alicyclic amines) is 1. The SMILES string of the molecule is COc1ccc(C(=O)[C@@H]2CC3(CC3)CN2C(=O)[C@@H](CC(=O)NO)CC2=CC2)cc1. The van der Waals surface area contributed by atoms with Gasteiger partial charge in [0.2, 0.25) is 11.8 Å². The maximum atomic E-state index is 13.4. The minimum absolute atomic E-state index is 0.0467. The van der Waals surface area contributed by atoms with Gasteiger partial charge in [-0.15, -0.1) is 0 Å². The molecule has 2 fully saturated rings. The van der Waals surface area contributed by atoms with E-state index in [0.717, 1.165) is 24.8 Å². The minimum Gasteiger partial charge on any atom is -0.497 e. The first-order valence-corrected chi connectivity index (χ1v) is 10.0. The maximum absolute atomic E-state index is 13.4. The van der Waals surface area contributed by atoms with Gasteiger partial charge in [-0.3, -0.25) is 19.6 Å². The highest BCUT2D eigenvalue weighted by Gasteiger charge is 2.55. The van der Waals surface area contributed by atoms with E-state index in [2.05, 4.69) is 0 Å². The van der Waals surface area contributed by atoms with Gasteiger partial charge >= 0.3 is 0 Å². The van der Waals surface area contributed by atoms with Crippen molar-refractivity contribution < 1.29 is 24.3 Å². The third-order valence-corrected chi connectivity index (χ3v) is 6.33. The molecule has 4 rings (SSSR count). The highest BCUT2D eigenvalue weighted by atomic mass is 16.5. The Morgan fingerprint density at radius 3 is 2.52 bits per heavy atom. The molecule has 2 atom stereocenters. The van der Waals surface area contributed by atoms with Crippen LogP contribution in [-0.2, 0) is 9.59 Å². The molecular formula is C22H26N2O5. The summed E-state index contributed by atoms with van der Waals surface area (Å²) in [6, 6.07) is 6.44. The standard InChI is InChI=1S/C22H26N2O5/c1-29-17-6-4-15(5-7-17)20(26)18-12-22(8-9-22)13-24(18)21(27)16(10-14-2-3-14)11-19(25)23-28/h2,4-7,16,18,28H,3,8-13H2,1H3,(H,23,25)/t16-,18+/m1/s1. The molecule has 29 heavy (non-hydrogen) atoms. The number of ether oxygens (including phenoxy) is 1. The molecule has 154 valence electrons. The van der Waals surface area contributed by atoms with Gasteiger partial charge in [0.15, 0.2) is 5.78 Å². The normalized spacial score (nSPS) is 22.1. The van der Waals surface area contributed by atoms with Crippen LogP contribution >= 0.6 is 0 Å². The number of nitrogens with one attached hydrogen (secondary N) is 1. The molecule has 0 bridgehead atoms.